The SMILES string of the molecule is COc1ccccc1CC(CN)CCC(C)(C)C. The van der Waals surface area contributed by atoms with Gasteiger partial charge in [0.1, 0.15) is 5.75 Å². The second kappa shape index (κ2) is 6.79. The Bertz CT molecular complexity index is 354. The van der Waals surface area contributed by atoms with Crippen molar-refractivity contribution in [1.82, 2.24) is 0 Å². The molecule has 0 aromatic heterocycles. The van der Waals surface area contributed by atoms with Gasteiger partial charge in [-0.15, -0.1) is 0 Å². The van der Waals surface area contributed by atoms with Crippen LogP contribution in [0.2, 0.25) is 0 Å². The third kappa shape index (κ3) is 5.09. The van der Waals surface area contributed by atoms with Crippen molar-refractivity contribution >= 4 is 0 Å². The first kappa shape index (κ1) is 15.0. The first-order valence-corrected chi connectivity index (χ1v) is 6.78. The first-order valence-electron chi connectivity index (χ1n) is 6.78. The number of ether oxygens (including phenoxy) is 1. The number of para-hydroxylation sites is 1. The van der Waals surface area contributed by atoms with E-state index in [1.807, 2.05) is 12.1 Å². The Morgan fingerprint density at radius 3 is 2.44 bits per heavy atom. The third-order valence-corrected chi connectivity index (χ3v) is 3.34. The zero-order valence-electron chi connectivity index (χ0n) is 12.2. The van der Waals surface area contributed by atoms with Crippen molar-refractivity contribution in [3.8, 4) is 5.75 Å². The minimum Gasteiger partial charge on any atom is -0.496 e. The molecule has 2 nitrogen and oxygen atoms in total. The normalized spacial score (nSPS) is 13.4. The summed E-state index contributed by atoms with van der Waals surface area (Å²) in [5.41, 5.74) is 7.55. The van der Waals surface area contributed by atoms with Gasteiger partial charge in [-0.2, -0.15) is 0 Å². The minimum atomic E-state index is 0.383. The van der Waals surface area contributed by atoms with Gasteiger partial charge in [0.25, 0.3) is 0 Å². The summed E-state index contributed by atoms with van der Waals surface area (Å²) in [4.78, 5) is 0. The van der Waals surface area contributed by atoms with Crippen molar-refractivity contribution in [2.75, 3.05) is 13.7 Å². The van der Waals surface area contributed by atoms with Gasteiger partial charge in [0.05, 0.1) is 7.11 Å². The van der Waals surface area contributed by atoms with Crippen LogP contribution in [-0.4, -0.2) is 13.7 Å². The van der Waals surface area contributed by atoms with Crippen LogP contribution in [0.15, 0.2) is 24.3 Å². The molecule has 0 fully saturated rings. The molecular formula is C16H27NO. The van der Waals surface area contributed by atoms with E-state index in [-0.39, 0.29) is 0 Å². The predicted molar refractivity (Wildman–Crippen MR) is 77.9 cm³/mol. The van der Waals surface area contributed by atoms with Crippen molar-refractivity contribution in [3.63, 3.8) is 0 Å². The van der Waals surface area contributed by atoms with E-state index < -0.39 is 0 Å². The number of nitrogens with two attached hydrogens (primary N) is 1. The highest BCUT2D eigenvalue weighted by Gasteiger charge is 2.16. The molecule has 0 aliphatic carbocycles. The first-order chi connectivity index (χ1) is 8.46. The molecule has 0 bridgehead atoms. The van der Waals surface area contributed by atoms with Crippen LogP contribution < -0.4 is 10.5 Å². The van der Waals surface area contributed by atoms with Gasteiger partial charge in [-0.05, 0) is 48.8 Å². The summed E-state index contributed by atoms with van der Waals surface area (Å²) in [6.45, 7) is 7.59. The molecule has 0 aliphatic heterocycles. The van der Waals surface area contributed by atoms with Gasteiger partial charge in [0.2, 0.25) is 0 Å². The fourth-order valence-corrected chi connectivity index (χ4v) is 2.12. The van der Waals surface area contributed by atoms with Crippen LogP contribution in [0.25, 0.3) is 0 Å². The molecule has 0 aliphatic rings. The van der Waals surface area contributed by atoms with Crippen LogP contribution in [0.5, 0.6) is 5.75 Å². The van der Waals surface area contributed by atoms with Gasteiger partial charge < -0.3 is 10.5 Å². The Balaban J connectivity index is 2.62. The molecule has 2 N–H and O–H groups in total. The lowest BCUT2D eigenvalue weighted by atomic mass is 9.84. The van der Waals surface area contributed by atoms with Gasteiger partial charge >= 0.3 is 0 Å². The molecule has 18 heavy (non-hydrogen) atoms. The quantitative estimate of drug-likeness (QED) is 0.835. The molecule has 1 atom stereocenters. The Kier molecular flexibility index (Phi) is 5.67. The summed E-state index contributed by atoms with van der Waals surface area (Å²) in [7, 11) is 1.73. The van der Waals surface area contributed by atoms with Crippen molar-refractivity contribution in [3.05, 3.63) is 29.8 Å². The monoisotopic (exact) mass is 249 g/mol. The largest absolute Gasteiger partial charge is 0.496 e. The van der Waals surface area contributed by atoms with Crippen molar-refractivity contribution in [2.45, 2.75) is 40.0 Å². The standard InChI is InChI=1S/C16H27NO/c1-16(2,3)10-9-13(12-17)11-14-7-5-6-8-15(14)18-4/h5-8,13H,9-12,17H2,1-4H3. The van der Waals surface area contributed by atoms with Gasteiger partial charge in [-0.3, -0.25) is 0 Å². The van der Waals surface area contributed by atoms with E-state index in [9.17, 15) is 0 Å². The Morgan fingerprint density at radius 1 is 1.22 bits per heavy atom. The lowest BCUT2D eigenvalue weighted by Crippen LogP contribution is -2.19. The van der Waals surface area contributed by atoms with Crippen LogP contribution in [-0.2, 0) is 6.42 Å². The maximum Gasteiger partial charge on any atom is 0.122 e. The molecule has 0 spiro atoms. The van der Waals surface area contributed by atoms with Gasteiger partial charge in [0.15, 0.2) is 0 Å². The summed E-state index contributed by atoms with van der Waals surface area (Å²) < 4.78 is 5.40. The molecule has 0 heterocycles. The molecular weight excluding hydrogens is 222 g/mol. The average molecular weight is 249 g/mol. The van der Waals surface area contributed by atoms with E-state index in [0.717, 1.165) is 18.7 Å². The van der Waals surface area contributed by atoms with E-state index in [2.05, 4.69) is 32.9 Å². The molecule has 0 radical (unpaired) electrons. The van der Waals surface area contributed by atoms with E-state index in [4.69, 9.17) is 10.5 Å². The highest BCUT2D eigenvalue weighted by molar-refractivity contribution is 5.33. The Labute approximate surface area is 112 Å². The van der Waals surface area contributed by atoms with Crippen molar-refractivity contribution in [2.24, 2.45) is 17.1 Å². The van der Waals surface area contributed by atoms with Gasteiger partial charge in [0, 0.05) is 0 Å². The molecule has 0 saturated heterocycles. The molecule has 0 saturated carbocycles. The number of methoxy groups -OCH3 is 1. The van der Waals surface area contributed by atoms with Crippen LogP contribution in [0.1, 0.15) is 39.2 Å². The maximum absolute atomic E-state index is 5.90. The third-order valence-electron chi connectivity index (χ3n) is 3.34. The van der Waals surface area contributed by atoms with E-state index >= 15 is 0 Å². The molecule has 1 rings (SSSR count). The highest BCUT2D eigenvalue weighted by Crippen LogP contribution is 2.27. The van der Waals surface area contributed by atoms with Crippen LogP contribution in [0, 0.1) is 11.3 Å². The zero-order valence-corrected chi connectivity index (χ0v) is 12.2. The van der Waals surface area contributed by atoms with E-state index in [0.29, 0.717) is 11.3 Å². The summed E-state index contributed by atoms with van der Waals surface area (Å²) in [6.07, 6.45) is 3.40. The van der Waals surface area contributed by atoms with Gasteiger partial charge in [-0.1, -0.05) is 39.0 Å². The van der Waals surface area contributed by atoms with Crippen LogP contribution in [0.4, 0.5) is 0 Å². The topological polar surface area (TPSA) is 35.2 Å². The average Bonchev–Trinajstić information content (AvgIpc) is 2.33. The number of benzene rings is 1. The predicted octanol–water partition coefficient (Wildman–Crippen LogP) is 3.64. The van der Waals surface area contributed by atoms with E-state index in [1.165, 1.54) is 18.4 Å². The fourth-order valence-electron chi connectivity index (χ4n) is 2.12. The second-order valence-electron chi connectivity index (χ2n) is 6.22. The molecule has 1 aromatic rings. The highest BCUT2D eigenvalue weighted by atomic mass is 16.5. The summed E-state index contributed by atoms with van der Waals surface area (Å²) in [6, 6.07) is 8.23. The Hall–Kier alpha value is -1.02. The fraction of sp³-hybridized carbons (Fsp3) is 0.625. The number of hydrogen-bond acceptors (Lipinski definition) is 2. The lowest BCUT2D eigenvalue weighted by Gasteiger charge is -2.22. The van der Waals surface area contributed by atoms with Gasteiger partial charge in [-0.25, -0.2) is 0 Å². The molecule has 0 amide bonds. The van der Waals surface area contributed by atoms with E-state index in [1.54, 1.807) is 7.11 Å². The van der Waals surface area contributed by atoms with Crippen LogP contribution >= 0.6 is 0 Å². The molecule has 1 aromatic carbocycles. The maximum atomic E-state index is 5.90. The molecule has 102 valence electrons. The van der Waals surface area contributed by atoms with Crippen molar-refractivity contribution in [1.29, 1.82) is 0 Å². The molecule has 2 heteroatoms. The second-order valence-corrected chi connectivity index (χ2v) is 6.22. The Morgan fingerprint density at radius 2 is 1.89 bits per heavy atom. The summed E-state index contributed by atoms with van der Waals surface area (Å²) >= 11 is 0. The zero-order chi connectivity index (χ0) is 13.6. The minimum absolute atomic E-state index is 0.383. The van der Waals surface area contributed by atoms with Crippen molar-refractivity contribution < 1.29 is 4.74 Å². The smallest absolute Gasteiger partial charge is 0.122 e. The summed E-state index contributed by atoms with van der Waals surface area (Å²) in [5.74, 6) is 1.52. The number of hydrogen-bond donors (Lipinski definition) is 1. The van der Waals surface area contributed by atoms with Crippen LogP contribution in [0.3, 0.4) is 0 Å². The lowest BCUT2D eigenvalue weighted by molar-refractivity contribution is 0.321. The number of rotatable bonds is 6. The summed E-state index contributed by atoms with van der Waals surface area (Å²) in [5, 5.41) is 0. The molecule has 1 unspecified atom stereocenters.